The highest BCUT2D eigenvalue weighted by Gasteiger charge is 2.52. The number of nitrogens with one attached hydrogen (secondary N) is 1. The van der Waals surface area contributed by atoms with Crippen molar-refractivity contribution in [2.45, 2.75) is 18.6 Å². The largest absolute Gasteiger partial charge is 0.394 e. The van der Waals surface area contributed by atoms with Crippen LogP contribution in [0.25, 0.3) is 11.2 Å². The minimum atomic E-state index is -1.75. The van der Waals surface area contributed by atoms with E-state index in [0.717, 1.165) is 0 Å². The molecule has 0 bridgehead atoms. The zero-order chi connectivity index (χ0) is 16.8. The zero-order valence-electron chi connectivity index (χ0n) is 11.8. The van der Waals surface area contributed by atoms with E-state index in [-0.39, 0.29) is 35.4 Å². The van der Waals surface area contributed by atoms with Gasteiger partial charge in [0.05, 0.1) is 37.5 Å². The van der Waals surface area contributed by atoms with Crippen LogP contribution in [0, 0.1) is 16.7 Å². The first-order valence-corrected chi connectivity index (χ1v) is 6.71. The molecule has 0 unspecified atom stereocenters. The van der Waals surface area contributed by atoms with Crippen molar-refractivity contribution in [1.82, 2.24) is 19.5 Å². The number of nitriles is 1. The maximum absolute atomic E-state index is 13.5. The van der Waals surface area contributed by atoms with Gasteiger partial charge in [0.25, 0.3) is 5.56 Å². The molecule has 1 aliphatic rings. The molecule has 2 heterocycles. The third-order valence-electron chi connectivity index (χ3n) is 4.24. The second-order valence-corrected chi connectivity index (χ2v) is 5.35. The minimum Gasteiger partial charge on any atom is -0.394 e. The Labute approximate surface area is 128 Å². The third-order valence-corrected chi connectivity index (χ3v) is 4.24. The lowest BCUT2D eigenvalue weighted by molar-refractivity contribution is 0.0616. The molecule has 1 fully saturated rings. The van der Waals surface area contributed by atoms with Gasteiger partial charge in [-0.2, -0.15) is 10.2 Å². The SMILES string of the molecule is N#C[C@]1(CO)/C(=C/F)[C@@H](n2cnc3c(=O)[nH]c(N)nc32)C[C@@H]1O. The van der Waals surface area contributed by atoms with Crippen LogP contribution < -0.4 is 11.3 Å². The Kier molecular flexibility index (Phi) is 3.39. The fourth-order valence-corrected chi connectivity index (χ4v) is 3.01. The highest BCUT2D eigenvalue weighted by atomic mass is 19.1. The van der Waals surface area contributed by atoms with Gasteiger partial charge in [0.1, 0.15) is 5.41 Å². The molecule has 1 aliphatic carbocycles. The minimum absolute atomic E-state index is 0.00496. The average molecular weight is 320 g/mol. The monoisotopic (exact) mass is 320 g/mol. The average Bonchev–Trinajstić information content (AvgIpc) is 3.05. The van der Waals surface area contributed by atoms with E-state index < -0.39 is 29.7 Å². The number of hydrogen-bond acceptors (Lipinski definition) is 7. The number of aromatic amines is 1. The number of anilines is 1. The molecule has 0 saturated heterocycles. The molecule has 0 radical (unpaired) electrons. The third kappa shape index (κ3) is 1.94. The number of H-pyrrole nitrogens is 1. The highest BCUT2D eigenvalue weighted by molar-refractivity contribution is 5.71. The number of imidazole rings is 1. The lowest BCUT2D eigenvalue weighted by Gasteiger charge is -2.24. The van der Waals surface area contributed by atoms with Gasteiger partial charge in [-0.05, 0) is 0 Å². The summed E-state index contributed by atoms with van der Waals surface area (Å²) in [6, 6.07) is 0.967. The van der Waals surface area contributed by atoms with Crippen molar-refractivity contribution in [3.8, 4) is 6.07 Å². The molecule has 0 spiro atoms. The summed E-state index contributed by atoms with van der Waals surface area (Å²) in [6.07, 6.45) is 0.145. The summed E-state index contributed by atoms with van der Waals surface area (Å²) in [7, 11) is 0. The fourth-order valence-electron chi connectivity index (χ4n) is 3.01. The van der Waals surface area contributed by atoms with Crippen LogP contribution in [0.3, 0.4) is 0 Å². The summed E-state index contributed by atoms with van der Waals surface area (Å²) in [5.74, 6) is -0.137. The summed E-state index contributed by atoms with van der Waals surface area (Å²) >= 11 is 0. The van der Waals surface area contributed by atoms with Crippen LogP contribution in [0.4, 0.5) is 10.3 Å². The molecular formula is C13H13FN6O3. The Bertz CT molecular complexity index is 897. The van der Waals surface area contributed by atoms with Crippen molar-refractivity contribution in [1.29, 1.82) is 5.26 Å². The van der Waals surface area contributed by atoms with Gasteiger partial charge >= 0.3 is 0 Å². The number of nitrogens with zero attached hydrogens (tertiary/aromatic N) is 4. The van der Waals surface area contributed by atoms with Gasteiger partial charge in [-0.3, -0.25) is 9.78 Å². The first kappa shape index (κ1) is 15.1. The van der Waals surface area contributed by atoms with Crippen molar-refractivity contribution >= 4 is 17.1 Å². The Morgan fingerprint density at radius 2 is 2.43 bits per heavy atom. The summed E-state index contributed by atoms with van der Waals surface area (Å²) < 4.78 is 14.8. The first-order chi connectivity index (χ1) is 11.0. The summed E-state index contributed by atoms with van der Waals surface area (Å²) in [5, 5.41) is 29.0. The van der Waals surface area contributed by atoms with Gasteiger partial charge in [0.15, 0.2) is 11.2 Å². The molecule has 1 saturated carbocycles. The second kappa shape index (κ2) is 5.15. The number of halogens is 1. The van der Waals surface area contributed by atoms with Crippen LogP contribution in [0.1, 0.15) is 12.5 Å². The molecule has 5 N–H and O–H groups in total. The Morgan fingerprint density at radius 3 is 3.04 bits per heavy atom. The topological polar surface area (TPSA) is 154 Å². The first-order valence-electron chi connectivity index (χ1n) is 6.71. The van der Waals surface area contributed by atoms with Crippen LogP contribution in [0.15, 0.2) is 23.0 Å². The number of hydrogen-bond donors (Lipinski definition) is 4. The smallest absolute Gasteiger partial charge is 0.280 e. The molecule has 120 valence electrons. The molecule has 2 aromatic rings. The van der Waals surface area contributed by atoms with E-state index in [1.165, 1.54) is 10.9 Å². The standard InChI is InChI=1S/C13H13FN6O3/c14-2-6-7(1-8(22)13(6,3-15)4-21)20-5-17-9-10(20)18-12(16)19-11(9)23/h2,5,7-8,21-22H,1,4H2,(H3,16,18,19,23)/b6-2+/t7-,8-,13-/m0/s1. The van der Waals surface area contributed by atoms with Gasteiger partial charge in [-0.25, -0.2) is 9.37 Å². The van der Waals surface area contributed by atoms with Crippen LogP contribution >= 0.6 is 0 Å². The Hall–Kier alpha value is -2.77. The van der Waals surface area contributed by atoms with Crippen LogP contribution in [-0.4, -0.2) is 42.4 Å². The van der Waals surface area contributed by atoms with Crippen molar-refractivity contribution in [2.24, 2.45) is 5.41 Å². The molecule has 23 heavy (non-hydrogen) atoms. The van der Waals surface area contributed by atoms with E-state index in [1.807, 2.05) is 0 Å². The lowest BCUT2D eigenvalue weighted by Crippen LogP contribution is -2.33. The molecule has 0 aromatic carbocycles. The van der Waals surface area contributed by atoms with E-state index in [2.05, 4.69) is 15.0 Å². The normalized spacial score (nSPS) is 29.2. The van der Waals surface area contributed by atoms with E-state index >= 15 is 0 Å². The van der Waals surface area contributed by atoms with E-state index in [1.54, 1.807) is 6.07 Å². The zero-order valence-corrected chi connectivity index (χ0v) is 11.8. The number of aliphatic hydroxyl groups is 2. The molecule has 10 heteroatoms. The second-order valence-electron chi connectivity index (χ2n) is 5.35. The van der Waals surface area contributed by atoms with Crippen LogP contribution in [0.2, 0.25) is 0 Å². The Balaban J connectivity index is 2.21. The van der Waals surface area contributed by atoms with E-state index in [4.69, 9.17) is 5.73 Å². The molecule has 0 amide bonds. The number of nitrogens with two attached hydrogens (primary N) is 1. The molecule has 0 aliphatic heterocycles. The molecule has 3 rings (SSSR count). The maximum atomic E-state index is 13.5. The van der Waals surface area contributed by atoms with E-state index in [9.17, 15) is 24.7 Å². The summed E-state index contributed by atoms with van der Waals surface area (Å²) in [5.41, 5.74) is 3.22. The van der Waals surface area contributed by atoms with Crippen molar-refractivity contribution in [3.05, 3.63) is 28.6 Å². The molecule has 9 nitrogen and oxygen atoms in total. The van der Waals surface area contributed by atoms with Gasteiger partial charge < -0.3 is 20.5 Å². The highest BCUT2D eigenvalue weighted by Crippen LogP contribution is 2.49. The van der Waals surface area contributed by atoms with Crippen LogP contribution in [-0.2, 0) is 0 Å². The molecule has 3 atom stereocenters. The maximum Gasteiger partial charge on any atom is 0.280 e. The number of aromatic nitrogens is 4. The number of fused-ring (bicyclic) bond motifs is 1. The number of rotatable bonds is 2. The predicted octanol–water partition coefficient (Wildman–Crippen LogP) is -0.637. The van der Waals surface area contributed by atoms with Crippen molar-refractivity contribution in [2.75, 3.05) is 12.3 Å². The summed E-state index contributed by atoms with van der Waals surface area (Å²) in [4.78, 5) is 22.0. The van der Waals surface area contributed by atoms with Gasteiger partial charge in [-0.15, -0.1) is 0 Å². The predicted molar refractivity (Wildman–Crippen MR) is 76.5 cm³/mol. The number of aliphatic hydroxyl groups excluding tert-OH is 2. The quantitative estimate of drug-likeness (QED) is 0.574. The van der Waals surface area contributed by atoms with Gasteiger partial charge in [-0.1, -0.05) is 0 Å². The van der Waals surface area contributed by atoms with E-state index in [0.29, 0.717) is 0 Å². The Morgan fingerprint density at radius 1 is 1.70 bits per heavy atom. The lowest BCUT2D eigenvalue weighted by atomic mass is 9.83. The van der Waals surface area contributed by atoms with Crippen molar-refractivity contribution < 1.29 is 14.6 Å². The van der Waals surface area contributed by atoms with Crippen molar-refractivity contribution in [3.63, 3.8) is 0 Å². The number of nitrogen functional groups attached to an aromatic ring is 1. The molecule has 2 aromatic heterocycles. The summed E-state index contributed by atoms with van der Waals surface area (Å²) in [6.45, 7) is -0.736. The van der Waals surface area contributed by atoms with Gasteiger partial charge in [0.2, 0.25) is 5.95 Å². The molecular weight excluding hydrogens is 307 g/mol. The van der Waals surface area contributed by atoms with Crippen LogP contribution in [0.5, 0.6) is 0 Å². The fraction of sp³-hybridized carbons (Fsp3) is 0.385. The van der Waals surface area contributed by atoms with Gasteiger partial charge in [0, 0.05) is 12.0 Å².